The highest BCUT2D eigenvalue weighted by atomic mass is 32.2. The Morgan fingerprint density at radius 2 is 0.889 bits per heavy atom. The van der Waals surface area contributed by atoms with E-state index in [0.29, 0.717) is 47.6 Å². The number of aryl methyl sites for hydroxylation is 6. The van der Waals surface area contributed by atoms with Gasteiger partial charge in [-0.05, 0) is 202 Å². The third kappa shape index (κ3) is 12.7. The largest absolute Gasteiger partial charge is 0.361 e. The van der Waals surface area contributed by atoms with Crippen LogP contribution in [0.3, 0.4) is 0 Å². The quantitative estimate of drug-likeness (QED) is 0.0520. The summed E-state index contributed by atoms with van der Waals surface area (Å²) in [5.74, 6) is 1.51. The van der Waals surface area contributed by atoms with E-state index in [1.165, 1.54) is 7.94 Å². The molecule has 6 aromatic carbocycles. The van der Waals surface area contributed by atoms with Crippen LogP contribution < -0.4 is 0 Å². The third-order valence-electron chi connectivity index (χ3n) is 17.6. The van der Waals surface area contributed by atoms with Crippen LogP contribution in [0.2, 0.25) is 51.4 Å². The molecule has 0 aliphatic rings. The maximum absolute atomic E-state index is 14.0. The van der Waals surface area contributed by atoms with Crippen molar-refractivity contribution in [3.05, 3.63) is 189 Å². The fourth-order valence-electron chi connectivity index (χ4n) is 12.2. The summed E-state index contributed by atoms with van der Waals surface area (Å²) in [4.78, 5) is 15.1. The Hall–Kier alpha value is -7.51. The van der Waals surface area contributed by atoms with E-state index >= 15 is 0 Å². The number of hydrogen-bond acceptors (Lipinski definition) is 12. The van der Waals surface area contributed by atoms with Crippen molar-refractivity contribution in [2.45, 2.75) is 141 Å². The van der Waals surface area contributed by atoms with Crippen molar-refractivity contribution in [2.75, 3.05) is 41.4 Å². The Morgan fingerprint density at radius 3 is 1.29 bits per heavy atom. The van der Waals surface area contributed by atoms with Crippen LogP contribution in [0.1, 0.15) is 81.1 Å². The Kier molecular flexibility index (Phi) is 18.8. The molecule has 0 saturated heterocycles. The van der Waals surface area contributed by atoms with Gasteiger partial charge in [-0.15, -0.1) is 0 Å². The van der Waals surface area contributed by atoms with Gasteiger partial charge in [-0.1, -0.05) is 86.8 Å². The van der Waals surface area contributed by atoms with E-state index in [1.807, 2.05) is 123 Å². The molecule has 0 bridgehead atoms. The summed E-state index contributed by atoms with van der Waals surface area (Å²) in [5.41, 5.74) is 11.7. The third-order valence-corrected chi connectivity index (χ3v) is 24.4. The smallest absolute Gasteiger partial charge is 0.268 e. The van der Waals surface area contributed by atoms with Crippen LogP contribution in [0.25, 0.3) is 43.9 Å². The molecule has 0 spiro atoms. The zero-order chi connectivity index (χ0) is 65.8. The molecule has 0 radical (unpaired) electrons. The van der Waals surface area contributed by atoms with Crippen LogP contribution >= 0.6 is 0 Å². The molecule has 0 fully saturated rings. The Bertz CT molecular complexity index is 4510. The molecule has 0 amide bonds. The number of nitrogens with zero attached hydrogens (tertiary/aromatic N) is 10. The highest BCUT2D eigenvalue weighted by Crippen LogP contribution is 2.45. The second-order valence-corrected chi connectivity index (χ2v) is 42.0. The number of hydrogen-bond donors (Lipinski definition) is 0. The summed E-state index contributed by atoms with van der Waals surface area (Å²) < 4.78 is 75.5. The van der Waals surface area contributed by atoms with Crippen molar-refractivity contribution in [1.82, 2.24) is 36.8 Å². The molecule has 0 aliphatic carbocycles. The predicted molar refractivity (Wildman–Crippen MR) is 368 cm³/mol. The van der Waals surface area contributed by atoms with Gasteiger partial charge >= 0.3 is 0 Å². The number of benzene rings is 6. The Morgan fingerprint density at radius 1 is 0.500 bits per heavy atom. The highest BCUT2D eigenvalue weighted by molar-refractivity contribution is 7.90. The van der Waals surface area contributed by atoms with Crippen molar-refractivity contribution >= 4 is 80.1 Å². The van der Waals surface area contributed by atoms with Gasteiger partial charge < -0.3 is 18.6 Å². The lowest BCUT2D eigenvalue weighted by Crippen LogP contribution is -2.43. The van der Waals surface area contributed by atoms with Gasteiger partial charge in [0.15, 0.2) is 0 Å². The molecule has 10 rings (SSSR count). The van der Waals surface area contributed by atoms with E-state index in [9.17, 15) is 27.4 Å². The molecule has 0 N–H and O–H groups in total. The van der Waals surface area contributed by atoms with Crippen LogP contribution in [0.4, 0.5) is 0 Å². The van der Waals surface area contributed by atoms with Crippen molar-refractivity contribution in [3.63, 3.8) is 0 Å². The summed E-state index contributed by atoms with van der Waals surface area (Å²) >= 11 is 0. The average molecular weight is 1280 g/mol. The normalized spacial score (nSPS) is 13.9. The summed E-state index contributed by atoms with van der Waals surface area (Å²) in [6, 6.07) is 39.5. The minimum atomic E-state index is -3.85. The Labute approximate surface area is 534 Å². The molecule has 10 aromatic rings. The molecule has 2 unspecified atom stereocenters. The predicted octanol–water partition coefficient (Wildman–Crippen LogP) is 14.3. The molecular weight excluding hydrogens is 1200 g/mol. The lowest BCUT2D eigenvalue weighted by Gasteiger charge is -2.38. The Balaban J connectivity index is 0.000000213. The van der Waals surface area contributed by atoms with Crippen molar-refractivity contribution in [2.24, 2.45) is 0 Å². The highest BCUT2D eigenvalue weighted by Gasteiger charge is 2.43. The minimum Gasteiger partial charge on any atom is -0.361 e. The van der Waals surface area contributed by atoms with Gasteiger partial charge in [0.05, 0.1) is 66.2 Å². The van der Waals surface area contributed by atoms with E-state index in [-0.39, 0.29) is 16.5 Å². The van der Waals surface area contributed by atoms with Crippen LogP contribution in [-0.2, 0) is 54.1 Å². The zero-order valence-corrected chi connectivity index (χ0v) is 59.2. The number of ether oxygens (including phenoxy) is 2. The molecule has 90 heavy (non-hydrogen) atoms. The summed E-state index contributed by atoms with van der Waals surface area (Å²) in [6.45, 7) is 32.0. The monoisotopic (exact) mass is 1280 g/mol. The minimum absolute atomic E-state index is 0.244. The molecule has 20 heteroatoms. The molecule has 16 nitrogen and oxygen atoms in total. The zero-order valence-electron chi connectivity index (χ0n) is 55.5. The number of imidazole rings is 2. The molecule has 2 atom stereocenters. The van der Waals surface area contributed by atoms with Gasteiger partial charge in [0.1, 0.15) is 36.2 Å². The van der Waals surface area contributed by atoms with Gasteiger partial charge in [-0.2, -0.15) is 10.5 Å². The van der Waals surface area contributed by atoms with Gasteiger partial charge in [-0.25, -0.2) is 34.7 Å². The lowest BCUT2D eigenvalue weighted by molar-refractivity contribution is 0.0802. The van der Waals surface area contributed by atoms with Crippen LogP contribution in [0.15, 0.2) is 131 Å². The van der Waals surface area contributed by atoms with Crippen LogP contribution in [-0.4, -0.2) is 111 Å². The second kappa shape index (κ2) is 25.3. The topological polar surface area (TPSA) is 186 Å². The fraction of sp³-hybridized carbons (Fsp3) is 0.371. The van der Waals surface area contributed by atoms with Gasteiger partial charge in [-0.3, -0.25) is 9.80 Å². The molecular formula is C70H86N10O6S2Si2. The SMILES string of the molecule is Cc1ccc(S(=O)(=O)n2ccc3c(C(C)(c4nc5cc(C#N)ccc5n4COCC[Si](C)(C)C)N(C)C)c(C)cc(C)c32)cc1.Cc1ccc(S(=O)(=O)n2ccc3c(C(C)(c4nc5ccc(C#N)cc5n4COCC[Si](C)(C)C)N(C)C)c(C)cc(C)c32)cc1. The first-order chi connectivity index (χ1) is 42.2. The van der Waals surface area contributed by atoms with Crippen molar-refractivity contribution < 1.29 is 26.3 Å². The first-order valence-electron chi connectivity index (χ1n) is 30.4. The van der Waals surface area contributed by atoms with Gasteiger partial charge in [0.2, 0.25) is 0 Å². The van der Waals surface area contributed by atoms with E-state index in [4.69, 9.17) is 19.4 Å². The van der Waals surface area contributed by atoms with E-state index < -0.39 is 47.3 Å². The first-order valence-corrected chi connectivity index (χ1v) is 40.7. The lowest BCUT2D eigenvalue weighted by atomic mass is 9.83. The summed E-state index contributed by atoms with van der Waals surface area (Å²) in [5, 5.41) is 21.0. The first kappa shape index (κ1) is 66.9. The number of rotatable bonds is 20. The maximum Gasteiger partial charge on any atom is 0.268 e. The standard InChI is InChI=1S/2C35H43N5O3SSi/c1-24-10-13-28(14-11-24)44(41,42)40-17-16-29-32(25(2)20-26(3)33(29)40)35(4,38(5)6)34-37-30-21-27(22-36)12-15-31(30)39(34)23-43-18-19-45(7,8)9;1-24-10-13-28(14-11-24)44(41,42)40-17-16-29-32(25(2)20-26(3)33(29)40)35(4,38(5)6)34-37-30-15-12-27(22-36)21-31(30)39(34)23-43-18-19-45(7,8)9/h2*10-17,20-21H,18-19,23H2,1-9H3. The molecule has 472 valence electrons. The van der Waals surface area contributed by atoms with E-state index in [1.54, 1.807) is 42.7 Å². The summed E-state index contributed by atoms with van der Waals surface area (Å²) in [6.07, 6.45) is 3.32. The van der Waals surface area contributed by atoms with E-state index in [0.717, 1.165) is 95.6 Å². The number of fused-ring (bicyclic) bond motifs is 4. The number of nitriles is 2. The van der Waals surface area contributed by atoms with Crippen LogP contribution in [0.5, 0.6) is 0 Å². The maximum atomic E-state index is 14.0. The summed E-state index contributed by atoms with van der Waals surface area (Å²) in [7, 11) is -2.24. The average Bonchev–Trinajstić information content (AvgIpc) is 1.49. The molecule has 0 aliphatic heterocycles. The van der Waals surface area contributed by atoms with Gasteiger partial charge in [0, 0.05) is 52.5 Å². The van der Waals surface area contributed by atoms with Crippen molar-refractivity contribution in [1.29, 1.82) is 10.5 Å². The second-order valence-electron chi connectivity index (χ2n) is 27.1. The fourth-order valence-corrected chi connectivity index (χ4v) is 16.6. The number of aromatic nitrogens is 6. The van der Waals surface area contributed by atoms with Gasteiger partial charge in [0.25, 0.3) is 20.0 Å². The van der Waals surface area contributed by atoms with E-state index in [2.05, 4.69) is 110 Å². The van der Waals surface area contributed by atoms with Crippen LogP contribution in [0, 0.1) is 64.2 Å². The molecule has 4 heterocycles. The molecule has 4 aromatic heterocycles. The van der Waals surface area contributed by atoms with Crippen molar-refractivity contribution in [3.8, 4) is 12.1 Å². The molecule has 0 saturated carbocycles.